The smallest absolute Gasteiger partial charge is 0.329 e. The molecule has 3 aromatic heterocycles. The highest BCUT2D eigenvalue weighted by atomic mass is 32.1. The van der Waals surface area contributed by atoms with E-state index in [1.807, 2.05) is 19.2 Å². The molecule has 8 nitrogen and oxygen atoms in total. The topological polar surface area (TPSA) is 110 Å². The van der Waals surface area contributed by atoms with Crippen molar-refractivity contribution in [3.63, 3.8) is 0 Å². The summed E-state index contributed by atoms with van der Waals surface area (Å²) >= 11 is 1.46. The number of aromatic amines is 1. The summed E-state index contributed by atoms with van der Waals surface area (Å²) in [6.45, 7) is 5.41. The molecule has 0 saturated carbocycles. The second-order valence-electron chi connectivity index (χ2n) is 5.85. The highest BCUT2D eigenvalue weighted by molar-refractivity contribution is 7.09. The number of amides is 1. The third-order valence-electron chi connectivity index (χ3n) is 3.80. The van der Waals surface area contributed by atoms with E-state index in [-0.39, 0.29) is 22.6 Å². The Morgan fingerprint density at radius 3 is 2.64 bits per heavy atom. The van der Waals surface area contributed by atoms with Gasteiger partial charge in [0.05, 0.1) is 17.0 Å². The molecule has 0 aliphatic rings. The molecular formula is C16H17N5O3S. The zero-order valence-corrected chi connectivity index (χ0v) is 15.0. The van der Waals surface area contributed by atoms with Gasteiger partial charge in [-0.1, -0.05) is 0 Å². The molecule has 130 valence electrons. The van der Waals surface area contributed by atoms with Crippen molar-refractivity contribution in [1.29, 1.82) is 0 Å². The summed E-state index contributed by atoms with van der Waals surface area (Å²) in [7, 11) is 1.50. The largest absolute Gasteiger partial charge is 0.343 e. The normalized spacial score (nSPS) is 12.3. The number of carbonyl (C=O) groups excluding carboxylic acids is 1. The number of thiazole rings is 1. The zero-order valence-electron chi connectivity index (χ0n) is 14.2. The van der Waals surface area contributed by atoms with Crippen LogP contribution in [0.3, 0.4) is 0 Å². The maximum absolute atomic E-state index is 12.7. The molecule has 1 amide bonds. The average Bonchev–Trinajstić information content (AvgIpc) is 2.98. The minimum absolute atomic E-state index is 0.0905. The fourth-order valence-electron chi connectivity index (χ4n) is 2.55. The molecule has 0 aromatic carbocycles. The summed E-state index contributed by atoms with van der Waals surface area (Å²) in [5, 5.41) is 5.63. The number of aryl methyl sites for hydroxylation is 3. The summed E-state index contributed by atoms with van der Waals surface area (Å²) in [5.41, 5.74) is 0.576. The van der Waals surface area contributed by atoms with Gasteiger partial charge in [0, 0.05) is 23.8 Å². The van der Waals surface area contributed by atoms with E-state index in [4.69, 9.17) is 0 Å². The van der Waals surface area contributed by atoms with Crippen LogP contribution in [0.5, 0.6) is 0 Å². The van der Waals surface area contributed by atoms with Gasteiger partial charge in [0.25, 0.3) is 11.5 Å². The summed E-state index contributed by atoms with van der Waals surface area (Å²) in [5.74, 6) is -0.417. The van der Waals surface area contributed by atoms with E-state index in [1.54, 1.807) is 6.92 Å². The number of pyridine rings is 1. The van der Waals surface area contributed by atoms with Crippen LogP contribution in [-0.2, 0) is 7.05 Å². The Balaban J connectivity index is 2.09. The van der Waals surface area contributed by atoms with E-state index in [0.717, 1.165) is 10.7 Å². The van der Waals surface area contributed by atoms with E-state index in [1.165, 1.54) is 29.0 Å². The van der Waals surface area contributed by atoms with Crippen LogP contribution in [0.15, 0.2) is 21.0 Å². The van der Waals surface area contributed by atoms with Crippen LogP contribution < -0.4 is 16.6 Å². The van der Waals surface area contributed by atoms with Crippen molar-refractivity contribution in [1.82, 2.24) is 24.8 Å². The third kappa shape index (κ3) is 3.10. The first-order chi connectivity index (χ1) is 11.8. The Hall–Kier alpha value is -2.81. The first-order valence-corrected chi connectivity index (χ1v) is 8.49. The fourth-order valence-corrected chi connectivity index (χ4v) is 3.35. The van der Waals surface area contributed by atoms with E-state index in [9.17, 15) is 14.4 Å². The Morgan fingerprint density at radius 2 is 2.00 bits per heavy atom. The van der Waals surface area contributed by atoms with Crippen molar-refractivity contribution in [3.05, 3.63) is 54.2 Å². The Morgan fingerprint density at radius 1 is 1.28 bits per heavy atom. The second-order valence-corrected chi connectivity index (χ2v) is 6.74. The van der Waals surface area contributed by atoms with E-state index in [2.05, 4.69) is 20.3 Å². The predicted octanol–water partition coefficient (Wildman–Crippen LogP) is 1.19. The molecule has 0 radical (unpaired) electrons. The molecule has 0 saturated heterocycles. The Bertz CT molecular complexity index is 1100. The molecule has 9 heteroatoms. The summed E-state index contributed by atoms with van der Waals surface area (Å²) < 4.78 is 1.22. The third-order valence-corrected chi connectivity index (χ3v) is 4.94. The van der Waals surface area contributed by atoms with Crippen molar-refractivity contribution in [3.8, 4) is 0 Å². The van der Waals surface area contributed by atoms with Crippen molar-refractivity contribution in [2.45, 2.75) is 26.8 Å². The molecule has 1 atom stereocenters. The molecular weight excluding hydrogens is 342 g/mol. The number of hydrogen-bond acceptors (Lipinski definition) is 6. The monoisotopic (exact) mass is 359 g/mol. The molecule has 0 unspecified atom stereocenters. The molecule has 0 spiro atoms. The van der Waals surface area contributed by atoms with Crippen molar-refractivity contribution >= 4 is 28.3 Å². The molecule has 0 bridgehead atoms. The van der Waals surface area contributed by atoms with Gasteiger partial charge in [-0.15, -0.1) is 11.3 Å². The van der Waals surface area contributed by atoms with Gasteiger partial charge in [-0.3, -0.25) is 19.1 Å². The summed E-state index contributed by atoms with van der Waals surface area (Å²) in [6.07, 6.45) is 0. The lowest BCUT2D eigenvalue weighted by molar-refractivity contribution is 0.0941. The van der Waals surface area contributed by atoms with Crippen LogP contribution in [0.25, 0.3) is 11.0 Å². The number of aromatic nitrogens is 4. The first-order valence-electron chi connectivity index (χ1n) is 7.61. The van der Waals surface area contributed by atoms with Gasteiger partial charge in [-0.25, -0.2) is 14.8 Å². The van der Waals surface area contributed by atoms with Gasteiger partial charge in [0.1, 0.15) is 10.7 Å². The maximum Gasteiger partial charge on any atom is 0.329 e. The molecule has 3 rings (SSSR count). The predicted molar refractivity (Wildman–Crippen MR) is 95.1 cm³/mol. The van der Waals surface area contributed by atoms with Crippen LogP contribution in [0.2, 0.25) is 0 Å². The Labute approximate surface area is 146 Å². The van der Waals surface area contributed by atoms with Crippen LogP contribution in [0, 0.1) is 13.8 Å². The van der Waals surface area contributed by atoms with Crippen LogP contribution in [0.1, 0.15) is 39.7 Å². The van der Waals surface area contributed by atoms with Gasteiger partial charge in [0.15, 0.2) is 0 Å². The molecule has 0 aliphatic heterocycles. The van der Waals surface area contributed by atoms with Gasteiger partial charge < -0.3 is 5.32 Å². The second kappa shape index (κ2) is 6.25. The van der Waals surface area contributed by atoms with Crippen molar-refractivity contribution in [2.75, 3.05) is 0 Å². The lowest BCUT2D eigenvalue weighted by atomic mass is 10.1. The first kappa shape index (κ1) is 17.0. The van der Waals surface area contributed by atoms with Gasteiger partial charge in [-0.05, 0) is 26.8 Å². The zero-order chi connectivity index (χ0) is 18.3. The standard InChI is InChI=1S/C16H17N5O3S/c1-7-5-10(11-12(17-7)21(4)16(24)20-14(11)23)13(22)19-9(3)15-18-8(2)6-25-15/h5-6,9H,1-4H3,(H,19,22)(H,20,23,24)/t9-/m0/s1. The van der Waals surface area contributed by atoms with Crippen molar-refractivity contribution in [2.24, 2.45) is 7.05 Å². The van der Waals surface area contributed by atoms with Gasteiger partial charge in [-0.2, -0.15) is 0 Å². The van der Waals surface area contributed by atoms with Gasteiger partial charge >= 0.3 is 5.69 Å². The number of nitrogens with one attached hydrogen (secondary N) is 2. The van der Waals surface area contributed by atoms with Crippen LogP contribution in [-0.4, -0.2) is 25.4 Å². The Kier molecular flexibility index (Phi) is 4.25. The highest BCUT2D eigenvalue weighted by Crippen LogP contribution is 2.19. The SMILES string of the molecule is Cc1csc([C@H](C)NC(=O)c2cc(C)nc3c2c(=O)[nH]c(=O)n3C)n1. The molecule has 0 aliphatic carbocycles. The van der Waals surface area contributed by atoms with E-state index >= 15 is 0 Å². The number of hydrogen-bond donors (Lipinski definition) is 2. The van der Waals surface area contributed by atoms with Crippen LogP contribution >= 0.6 is 11.3 Å². The molecule has 2 N–H and O–H groups in total. The lowest BCUT2D eigenvalue weighted by Crippen LogP contribution is -2.32. The van der Waals surface area contributed by atoms with E-state index < -0.39 is 17.2 Å². The van der Waals surface area contributed by atoms with E-state index in [0.29, 0.717) is 5.69 Å². The summed E-state index contributed by atoms with van der Waals surface area (Å²) in [6, 6.07) is 1.23. The van der Waals surface area contributed by atoms with Crippen LogP contribution in [0.4, 0.5) is 0 Å². The highest BCUT2D eigenvalue weighted by Gasteiger charge is 2.20. The quantitative estimate of drug-likeness (QED) is 0.730. The summed E-state index contributed by atoms with van der Waals surface area (Å²) in [4.78, 5) is 47.6. The number of carbonyl (C=O) groups is 1. The minimum Gasteiger partial charge on any atom is -0.343 e. The van der Waals surface area contributed by atoms with Gasteiger partial charge in [0.2, 0.25) is 0 Å². The molecule has 3 heterocycles. The fraction of sp³-hybridized carbons (Fsp3) is 0.312. The number of H-pyrrole nitrogens is 1. The molecule has 0 fully saturated rings. The number of rotatable bonds is 3. The molecule has 25 heavy (non-hydrogen) atoms. The minimum atomic E-state index is -0.631. The lowest BCUT2D eigenvalue weighted by Gasteiger charge is -2.13. The molecule has 3 aromatic rings. The van der Waals surface area contributed by atoms with Crippen molar-refractivity contribution < 1.29 is 4.79 Å². The average molecular weight is 359 g/mol. The maximum atomic E-state index is 12.7. The number of fused-ring (bicyclic) bond motifs is 1. The number of nitrogens with zero attached hydrogens (tertiary/aromatic N) is 3.